The standard InChI is InChI=1S/C12H15NO/c1-10-8-11(4-2-3-7-13)5-6-12(10)9-14/h2,4-6,8-9H,3,7,13H2,1H3. The van der Waals surface area contributed by atoms with E-state index in [9.17, 15) is 4.79 Å². The van der Waals surface area contributed by atoms with E-state index in [1.807, 2.05) is 37.3 Å². The minimum absolute atomic E-state index is 0.669. The number of aryl methyl sites for hydroxylation is 1. The van der Waals surface area contributed by atoms with Crippen LogP contribution >= 0.6 is 0 Å². The van der Waals surface area contributed by atoms with Crippen LogP contribution in [-0.2, 0) is 0 Å². The van der Waals surface area contributed by atoms with E-state index in [1.54, 1.807) is 0 Å². The molecule has 0 amide bonds. The van der Waals surface area contributed by atoms with Gasteiger partial charge in [-0.15, -0.1) is 0 Å². The molecule has 0 saturated carbocycles. The smallest absolute Gasteiger partial charge is 0.150 e. The minimum atomic E-state index is 0.669. The van der Waals surface area contributed by atoms with Crippen molar-refractivity contribution in [1.82, 2.24) is 0 Å². The lowest BCUT2D eigenvalue weighted by atomic mass is 10.1. The molecule has 0 spiro atoms. The van der Waals surface area contributed by atoms with Gasteiger partial charge in [0.15, 0.2) is 0 Å². The Morgan fingerprint density at radius 3 is 2.79 bits per heavy atom. The van der Waals surface area contributed by atoms with Crippen molar-refractivity contribution in [2.45, 2.75) is 13.3 Å². The summed E-state index contributed by atoms with van der Waals surface area (Å²) < 4.78 is 0. The second-order valence-corrected chi connectivity index (χ2v) is 3.21. The van der Waals surface area contributed by atoms with Gasteiger partial charge in [-0.25, -0.2) is 0 Å². The number of carbonyl (C=O) groups is 1. The van der Waals surface area contributed by atoms with Crippen LogP contribution in [0.5, 0.6) is 0 Å². The molecule has 0 aliphatic rings. The second kappa shape index (κ2) is 5.35. The van der Waals surface area contributed by atoms with E-state index in [-0.39, 0.29) is 0 Å². The van der Waals surface area contributed by atoms with Gasteiger partial charge in [-0.2, -0.15) is 0 Å². The van der Waals surface area contributed by atoms with Crippen LogP contribution in [0.4, 0.5) is 0 Å². The summed E-state index contributed by atoms with van der Waals surface area (Å²) in [6, 6.07) is 5.77. The third kappa shape index (κ3) is 2.82. The Morgan fingerprint density at radius 2 is 2.21 bits per heavy atom. The van der Waals surface area contributed by atoms with Crippen molar-refractivity contribution in [3.8, 4) is 0 Å². The molecule has 0 aromatic heterocycles. The Labute approximate surface area is 84.4 Å². The molecule has 1 aromatic rings. The molecule has 0 unspecified atom stereocenters. The van der Waals surface area contributed by atoms with Crippen LogP contribution in [-0.4, -0.2) is 12.8 Å². The van der Waals surface area contributed by atoms with Gasteiger partial charge < -0.3 is 5.73 Å². The Balaban J connectivity index is 2.81. The third-order valence-electron chi connectivity index (χ3n) is 2.06. The van der Waals surface area contributed by atoms with Gasteiger partial charge in [0.2, 0.25) is 0 Å². The molecule has 0 aliphatic carbocycles. The van der Waals surface area contributed by atoms with Crippen LogP contribution < -0.4 is 5.73 Å². The average Bonchev–Trinajstić information content (AvgIpc) is 2.18. The zero-order valence-electron chi connectivity index (χ0n) is 8.36. The summed E-state index contributed by atoms with van der Waals surface area (Å²) in [5.41, 5.74) is 8.24. The first-order chi connectivity index (χ1) is 6.77. The van der Waals surface area contributed by atoms with Gasteiger partial charge >= 0.3 is 0 Å². The highest BCUT2D eigenvalue weighted by molar-refractivity contribution is 5.77. The predicted molar refractivity (Wildman–Crippen MR) is 59.3 cm³/mol. The van der Waals surface area contributed by atoms with Crippen LogP contribution in [0.2, 0.25) is 0 Å². The lowest BCUT2D eigenvalue weighted by molar-refractivity contribution is 0.112. The number of nitrogens with two attached hydrogens (primary N) is 1. The van der Waals surface area contributed by atoms with Gasteiger partial charge in [0.25, 0.3) is 0 Å². The first kappa shape index (κ1) is 10.7. The number of rotatable bonds is 4. The molecule has 74 valence electrons. The number of aldehydes is 1. The molecule has 0 bridgehead atoms. The van der Waals surface area contributed by atoms with E-state index in [0.717, 1.165) is 29.4 Å². The minimum Gasteiger partial charge on any atom is -0.330 e. The number of benzene rings is 1. The molecular weight excluding hydrogens is 174 g/mol. The van der Waals surface area contributed by atoms with Gasteiger partial charge in [-0.1, -0.05) is 30.4 Å². The Kier molecular flexibility index (Phi) is 4.08. The van der Waals surface area contributed by atoms with Crippen molar-refractivity contribution >= 4 is 12.4 Å². The zero-order chi connectivity index (χ0) is 10.4. The average molecular weight is 189 g/mol. The van der Waals surface area contributed by atoms with E-state index in [2.05, 4.69) is 0 Å². The lowest BCUT2D eigenvalue weighted by Crippen LogP contribution is -1.95. The van der Waals surface area contributed by atoms with Gasteiger partial charge in [-0.3, -0.25) is 4.79 Å². The number of carbonyl (C=O) groups excluding carboxylic acids is 1. The van der Waals surface area contributed by atoms with Gasteiger partial charge in [0, 0.05) is 5.56 Å². The highest BCUT2D eigenvalue weighted by atomic mass is 16.1. The van der Waals surface area contributed by atoms with E-state index in [4.69, 9.17) is 5.73 Å². The summed E-state index contributed by atoms with van der Waals surface area (Å²) in [4.78, 5) is 10.6. The van der Waals surface area contributed by atoms with Crippen LogP contribution in [0.25, 0.3) is 6.08 Å². The summed E-state index contributed by atoms with van der Waals surface area (Å²) >= 11 is 0. The summed E-state index contributed by atoms with van der Waals surface area (Å²) in [6.07, 6.45) is 5.82. The van der Waals surface area contributed by atoms with Crippen LogP contribution in [0.15, 0.2) is 24.3 Å². The van der Waals surface area contributed by atoms with E-state index < -0.39 is 0 Å². The largest absolute Gasteiger partial charge is 0.330 e. The van der Waals surface area contributed by atoms with Crippen molar-refractivity contribution in [3.63, 3.8) is 0 Å². The molecule has 0 heterocycles. The fourth-order valence-electron chi connectivity index (χ4n) is 1.25. The fraction of sp³-hybridized carbons (Fsp3) is 0.250. The highest BCUT2D eigenvalue weighted by Gasteiger charge is 1.95. The Hall–Kier alpha value is -1.41. The van der Waals surface area contributed by atoms with Gasteiger partial charge in [0.1, 0.15) is 6.29 Å². The summed E-state index contributed by atoms with van der Waals surface area (Å²) in [5.74, 6) is 0. The topological polar surface area (TPSA) is 43.1 Å². The summed E-state index contributed by atoms with van der Waals surface area (Å²) in [6.45, 7) is 2.60. The predicted octanol–water partition coefficient (Wildman–Crippen LogP) is 2.17. The number of hydrogen-bond acceptors (Lipinski definition) is 2. The molecule has 2 nitrogen and oxygen atoms in total. The molecule has 2 N–H and O–H groups in total. The van der Waals surface area contributed by atoms with Crippen LogP contribution in [0.1, 0.15) is 27.9 Å². The summed E-state index contributed by atoms with van der Waals surface area (Å²) in [7, 11) is 0. The SMILES string of the molecule is Cc1cc(C=CCCN)ccc1C=O. The first-order valence-electron chi connectivity index (χ1n) is 4.70. The van der Waals surface area contributed by atoms with E-state index in [1.165, 1.54) is 0 Å². The van der Waals surface area contributed by atoms with Crippen molar-refractivity contribution < 1.29 is 4.79 Å². The van der Waals surface area contributed by atoms with Crippen LogP contribution in [0, 0.1) is 6.92 Å². The second-order valence-electron chi connectivity index (χ2n) is 3.21. The molecule has 2 heteroatoms. The Morgan fingerprint density at radius 1 is 1.43 bits per heavy atom. The summed E-state index contributed by atoms with van der Waals surface area (Å²) in [5, 5.41) is 0. The van der Waals surface area contributed by atoms with Crippen molar-refractivity contribution in [1.29, 1.82) is 0 Å². The molecule has 0 radical (unpaired) electrons. The lowest BCUT2D eigenvalue weighted by Gasteiger charge is -1.99. The van der Waals surface area contributed by atoms with E-state index in [0.29, 0.717) is 6.54 Å². The first-order valence-corrected chi connectivity index (χ1v) is 4.70. The van der Waals surface area contributed by atoms with Crippen molar-refractivity contribution in [3.05, 3.63) is 41.0 Å². The van der Waals surface area contributed by atoms with E-state index >= 15 is 0 Å². The molecule has 1 rings (SSSR count). The molecule has 0 atom stereocenters. The highest BCUT2D eigenvalue weighted by Crippen LogP contribution is 2.10. The fourth-order valence-corrected chi connectivity index (χ4v) is 1.25. The molecule has 1 aromatic carbocycles. The maximum Gasteiger partial charge on any atom is 0.150 e. The molecular formula is C12H15NO. The zero-order valence-corrected chi connectivity index (χ0v) is 8.36. The Bertz CT molecular complexity index is 342. The maximum atomic E-state index is 10.6. The molecule has 14 heavy (non-hydrogen) atoms. The third-order valence-corrected chi connectivity index (χ3v) is 2.06. The van der Waals surface area contributed by atoms with Gasteiger partial charge in [0.05, 0.1) is 0 Å². The molecule has 0 saturated heterocycles. The monoisotopic (exact) mass is 189 g/mol. The van der Waals surface area contributed by atoms with Gasteiger partial charge in [-0.05, 0) is 31.0 Å². The molecule has 0 aliphatic heterocycles. The van der Waals surface area contributed by atoms with Crippen LogP contribution in [0.3, 0.4) is 0 Å². The molecule has 0 fully saturated rings. The quantitative estimate of drug-likeness (QED) is 0.737. The number of hydrogen-bond donors (Lipinski definition) is 1. The van der Waals surface area contributed by atoms with Crippen molar-refractivity contribution in [2.24, 2.45) is 5.73 Å². The normalized spacial score (nSPS) is 10.7. The van der Waals surface area contributed by atoms with Crippen molar-refractivity contribution in [2.75, 3.05) is 6.54 Å². The maximum absolute atomic E-state index is 10.6.